The average molecular weight is 299 g/mol. The summed E-state index contributed by atoms with van der Waals surface area (Å²) in [6.07, 6.45) is 0. The summed E-state index contributed by atoms with van der Waals surface area (Å²) < 4.78 is 4.85. The van der Waals surface area contributed by atoms with Gasteiger partial charge in [0.2, 0.25) is 5.91 Å². The van der Waals surface area contributed by atoms with Gasteiger partial charge in [0.05, 0.1) is 12.3 Å². The van der Waals surface area contributed by atoms with Crippen molar-refractivity contribution in [2.75, 3.05) is 11.5 Å². The minimum Gasteiger partial charge on any atom is -0.461 e. The smallest absolute Gasteiger partial charge is 0.355 e. The Kier molecular flexibility index (Phi) is 3.32. The standard InChI is InChI=1S/C15H13N3O4/c1-3-22-15(21)12-10-11(16-17-12)14(20)18(13(10)19)9-6-4-8(2)5-7-9/h4-7,10H,3H2,1-2H3. The number of hydrogen-bond acceptors (Lipinski definition) is 6. The fourth-order valence-corrected chi connectivity index (χ4v) is 2.40. The molecule has 112 valence electrons. The zero-order chi connectivity index (χ0) is 15.9. The molecule has 0 N–H and O–H groups in total. The molecule has 22 heavy (non-hydrogen) atoms. The third kappa shape index (κ3) is 2.02. The normalized spacial score (nSPS) is 19.9. The number of anilines is 1. The lowest BCUT2D eigenvalue weighted by Gasteiger charge is -2.14. The Morgan fingerprint density at radius 1 is 1.23 bits per heavy atom. The zero-order valence-corrected chi connectivity index (χ0v) is 12.1. The van der Waals surface area contributed by atoms with Crippen molar-refractivity contribution in [1.29, 1.82) is 0 Å². The summed E-state index contributed by atoms with van der Waals surface area (Å²) in [5.41, 5.74) is 1.29. The summed E-state index contributed by atoms with van der Waals surface area (Å²) in [4.78, 5) is 37.7. The van der Waals surface area contributed by atoms with Crippen LogP contribution in [0.4, 0.5) is 5.69 Å². The van der Waals surface area contributed by atoms with Crippen LogP contribution in [-0.2, 0) is 19.1 Å². The molecule has 1 aromatic rings. The van der Waals surface area contributed by atoms with Crippen LogP contribution in [-0.4, -0.2) is 35.8 Å². The number of rotatable bonds is 3. The van der Waals surface area contributed by atoms with Gasteiger partial charge in [0.15, 0.2) is 5.71 Å². The SMILES string of the molecule is CCOC(=O)C1=NN=C2C(=O)N(c3ccc(C)cc3)C(=O)C12. The number of ether oxygens (including phenoxy) is 1. The lowest BCUT2D eigenvalue weighted by molar-refractivity contribution is -0.136. The van der Waals surface area contributed by atoms with E-state index in [9.17, 15) is 14.4 Å². The second-order valence-corrected chi connectivity index (χ2v) is 4.94. The summed E-state index contributed by atoms with van der Waals surface area (Å²) in [5, 5.41) is 7.34. The van der Waals surface area contributed by atoms with E-state index in [1.807, 2.05) is 6.92 Å². The predicted molar refractivity (Wildman–Crippen MR) is 78.7 cm³/mol. The molecule has 1 fully saturated rings. The number of benzene rings is 1. The highest BCUT2D eigenvalue weighted by atomic mass is 16.5. The largest absolute Gasteiger partial charge is 0.461 e. The molecule has 1 saturated heterocycles. The minimum absolute atomic E-state index is 0.0337. The van der Waals surface area contributed by atoms with Gasteiger partial charge in [0, 0.05) is 0 Å². The molecule has 1 aromatic carbocycles. The summed E-state index contributed by atoms with van der Waals surface area (Å²) in [7, 11) is 0. The maximum Gasteiger partial charge on any atom is 0.355 e. The molecule has 1 atom stereocenters. The molecule has 0 bridgehead atoms. The van der Waals surface area contributed by atoms with E-state index in [4.69, 9.17) is 4.74 Å². The molecule has 0 aromatic heterocycles. The lowest BCUT2D eigenvalue weighted by Crippen LogP contribution is -2.35. The van der Waals surface area contributed by atoms with Gasteiger partial charge in [-0.15, -0.1) is 10.2 Å². The number of hydrogen-bond donors (Lipinski definition) is 0. The number of esters is 1. The third-order valence-electron chi connectivity index (χ3n) is 3.48. The first kappa shape index (κ1) is 14.1. The van der Waals surface area contributed by atoms with Crippen LogP contribution in [0.2, 0.25) is 0 Å². The Labute approximate surface area is 126 Å². The molecular formula is C15H13N3O4. The Bertz CT molecular complexity index is 734. The number of carbonyl (C=O) groups excluding carboxylic acids is 3. The van der Waals surface area contributed by atoms with Crippen LogP contribution in [0.3, 0.4) is 0 Å². The van der Waals surface area contributed by atoms with Gasteiger partial charge in [0.1, 0.15) is 11.6 Å². The van der Waals surface area contributed by atoms with Crippen molar-refractivity contribution >= 4 is 34.9 Å². The number of imide groups is 1. The van der Waals surface area contributed by atoms with Gasteiger partial charge < -0.3 is 4.74 Å². The maximum absolute atomic E-state index is 12.5. The molecule has 7 nitrogen and oxygen atoms in total. The highest BCUT2D eigenvalue weighted by Gasteiger charge is 2.52. The van der Waals surface area contributed by atoms with E-state index in [1.165, 1.54) is 0 Å². The van der Waals surface area contributed by atoms with Crippen molar-refractivity contribution in [1.82, 2.24) is 0 Å². The highest BCUT2D eigenvalue weighted by Crippen LogP contribution is 2.29. The monoisotopic (exact) mass is 299 g/mol. The van der Waals surface area contributed by atoms with Crippen molar-refractivity contribution in [2.24, 2.45) is 16.1 Å². The summed E-state index contributed by atoms with van der Waals surface area (Å²) in [5.74, 6) is -2.87. The van der Waals surface area contributed by atoms with Gasteiger partial charge in [-0.05, 0) is 26.0 Å². The number of nitrogens with zero attached hydrogens (tertiary/aromatic N) is 3. The molecule has 2 aliphatic heterocycles. The van der Waals surface area contributed by atoms with Crippen molar-refractivity contribution < 1.29 is 19.1 Å². The van der Waals surface area contributed by atoms with Gasteiger partial charge in [-0.1, -0.05) is 17.7 Å². The first-order valence-corrected chi connectivity index (χ1v) is 6.82. The van der Waals surface area contributed by atoms with Crippen LogP contribution in [0.1, 0.15) is 12.5 Å². The van der Waals surface area contributed by atoms with E-state index in [1.54, 1.807) is 31.2 Å². The van der Waals surface area contributed by atoms with E-state index in [-0.39, 0.29) is 18.0 Å². The van der Waals surface area contributed by atoms with Crippen LogP contribution in [0.15, 0.2) is 34.5 Å². The van der Waals surface area contributed by atoms with Gasteiger partial charge in [-0.3, -0.25) is 9.59 Å². The van der Waals surface area contributed by atoms with Crippen LogP contribution in [0.5, 0.6) is 0 Å². The van der Waals surface area contributed by atoms with E-state index < -0.39 is 23.7 Å². The molecule has 2 heterocycles. The highest BCUT2D eigenvalue weighted by molar-refractivity contribution is 6.66. The van der Waals surface area contributed by atoms with Crippen molar-refractivity contribution in [2.45, 2.75) is 13.8 Å². The van der Waals surface area contributed by atoms with Gasteiger partial charge >= 0.3 is 5.97 Å². The molecule has 1 unspecified atom stereocenters. The van der Waals surface area contributed by atoms with Crippen LogP contribution >= 0.6 is 0 Å². The molecule has 2 aliphatic rings. The maximum atomic E-state index is 12.5. The average Bonchev–Trinajstić information content (AvgIpc) is 3.03. The molecule has 0 aliphatic carbocycles. The van der Waals surface area contributed by atoms with Gasteiger partial charge in [-0.2, -0.15) is 0 Å². The minimum atomic E-state index is -1.06. The van der Waals surface area contributed by atoms with E-state index in [0.29, 0.717) is 5.69 Å². The summed E-state index contributed by atoms with van der Waals surface area (Å²) in [6, 6.07) is 6.94. The van der Waals surface area contributed by atoms with E-state index >= 15 is 0 Å². The Balaban J connectivity index is 1.93. The summed E-state index contributed by atoms with van der Waals surface area (Å²) >= 11 is 0. The first-order valence-electron chi connectivity index (χ1n) is 6.82. The fraction of sp³-hybridized carbons (Fsp3) is 0.267. The Morgan fingerprint density at radius 2 is 1.91 bits per heavy atom. The van der Waals surface area contributed by atoms with E-state index in [2.05, 4.69) is 10.2 Å². The second-order valence-electron chi connectivity index (χ2n) is 4.94. The molecule has 0 saturated carbocycles. The quantitative estimate of drug-likeness (QED) is 0.611. The molecule has 3 rings (SSSR count). The Morgan fingerprint density at radius 3 is 2.55 bits per heavy atom. The molecule has 2 amide bonds. The van der Waals surface area contributed by atoms with Gasteiger partial charge in [-0.25, -0.2) is 9.69 Å². The summed E-state index contributed by atoms with van der Waals surface area (Å²) in [6.45, 7) is 3.71. The number of fused-ring (bicyclic) bond motifs is 1. The molecular weight excluding hydrogens is 286 g/mol. The molecule has 0 radical (unpaired) electrons. The van der Waals surface area contributed by atoms with Crippen molar-refractivity contribution in [3.8, 4) is 0 Å². The third-order valence-corrected chi connectivity index (χ3v) is 3.48. The van der Waals surface area contributed by atoms with Crippen molar-refractivity contribution in [3.05, 3.63) is 29.8 Å². The molecule has 0 spiro atoms. The number of carbonyl (C=O) groups is 3. The fourth-order valence-electron chi connectivity index (χ4n) is 2.40. The molecule has 7 heteroatoms. The van der Waals surface area contributed by atoms with Crippen LogP contribution in [0.25, 0.3) is 0 Å². The van der Waals surface area contributed by atoms with Crippen molar-refractivity contribution in [3.63, 3.8) is 0 Å². The zero-order valence-electron chi connectivity index (χ0n) is 12.1. The lowest BCUT2D eigenvalue weighted by atomic mass is 10.0. The van der Waals surface area contributed by atoms with Crippen LogP contribution < -0.4 is 4.90 Å². The first-order chi connectivity index (χ1) is 10.5. The number of amides is 2. The Hall–Kier alpha value is -2.83. The van der Waals surface area contributed by atoms with E-state index in [0.717, 1.165) is 10.5 Å². The van der Waals surface area contributed by atoms with Crippen LogP contribution in [0, 0.1) is 12.8 Å². The topological polar surface area (TPSA) is 88.4 Å². The second kappa shape index (κ2) is 5.18. The van der Waals surface area contributed by atoms with Gasteiger partial charge in [0.25, 0.3) is 5.91 Å². The number of aryl methyl sites for hydroxylation is 1. The predicted octanol–water partition coefficient (Wildman–Crippen LogP) is 0.858.